The Balaban J connectivity index is 2.07. The molecule has 0 fully saturated rings. The molecule has 0 atom stereocenters. The molecule has 0 aliphatic carbocycles. The maximum absolute atomic E-state index is 9.28. The van der Waals surface area contributed by atoms with E-state index in [9.17, 15) is 5.11 Å². The van der Waals surface area contributed by atoms with Gasteiger partial charge in [-0.05, 0) is 12.5 Å². The molecule has 114 valence electrons. The molecule has 0 radical (unpaired) electrons. The second-order valence-corrected chi connectivity index (χ2v) is 5.77. The molecule has 0 bridgehead atoms. The topological polar surface area (TPSA) is 45.6 Å². The van der Waals surface area contributed by atoms with Crippen LogP contribution in [0, 0.1) is 0 Å². The van der Waals surface area contributed by atoms with Gasteiger partial charge in [0, 0.05) is 30.6 Å². The van der Waals surface area contributed by atoms with Crippen LogP contribution < -0.4 is 4.74 Å². The Kier molecular flexibility index (Phi) is 6.17. The van der Waals surface area contributed by atoms with Gasteiger partial charge in [-0.15, -0.1) is 11.3 Å². The molecule has 0 spiro atoms. The summed E-state index contributed by atoms with van der Waals surface area (Å²) in [6.07, 6.45) is 0.969. The Morgan fingerprint density at radius 3 is 2.76 bits per heavy atom. The van der Waals surface area contributed by atoms with E-state index in [2.05, 4.69) is 28.3 Å². The number of aryl methyl sites for hydroxylation is 1. The first-order valence-electron chi connectivity index (χ1n) is 7.15. The van der Waals surface area contributed by atoms with E-state index < -0.39 is 0 Å². The predicted octanol–water partition coefficient (Wildman–Crippen LogP) is 2.71. The minimum atomic E-state index is 0.139. The van der Waals surface area contributed by atoms with Crippen LogP contribution in [0.1, 0.15) is 23.2 Å². The maximum Gasteiger partial charge on any atom is 0.123 e. The van der Waals surface area contributed by atoms with Gasteiger partial charge in [0.15, 0.2) is 0 Å². The first-order chi connectivity index (χ1) is 10.3. The van der Waals surface area contributed by atoms with Crippen molar-refractivity contribution < 1.29 is 9.84 Å². The van der Waals surface area contributed by atoms with Gasteiger partial charge in [-0.1, -0.05) is 25.1 Å². The molecule has 2 aromatic rings. The van der Waals surface area contributed by atoms with E-state index in [1.807, 2.05) is 18.2 Å². The molecule has 2 rings (SSSR count). The summed E-state index contributed by atoms with van der Waals surface area (Å²) < 4.78 is 5.39. The lowest BCUT2D eigenvalue weighted by Crippen LogP contribution is -2.26. The van der Waals surface area contributed by atoms with E-state index in [0.29, 0.717) is 6.54 Å². The lowest BCUT2D eigenvalue weighted by molar-refractivity contribution is 0.181. The van der Waals surface area contributed by atoms with Crippen molar-refractivity contribution in [2.24, 2.45) is 0 Å². The number of thiazole rings is 1. The van der Waals surface area contributed by atoms with Crippen molar-refractivity contribution in [3.8, 4) is 5.75 Å². The molecule has 1 N–H and O–H groups in total. The molecule has 4 nitrogen and oxygen atoms in total. The van der Waals surface area contributed by atoms with Crippen LogP contribution in [-0.4, -0.2) is 35.3 Å². The maximum atomic E-state index is 9.28. The Labute approximate surface area is 130 Å². The highest BCUT2D eigenvalue weighted by atomic mass is 32.1. The van der Waals surface area contributed by atoms with Gasteiger partial charge in [0.2, 0.25) is 0 Å². The summed E-state index contributed by atoms with van der Waals surface area (Å²) in [5.41, 5.74) is 2.19. The molecule has 1 heterocycles. The second kappa shape index (κ2) is 8.12. The minimum Gasteiger partial charge on any atom is -0.496 e. The summed E-state index contributed by atoms with van der Waals surface area (Å²) in [5.74, 6) is 0.882. The van der Waals surface area contributed by atoms with Gasteiger partial charge < -0.3 is 9.84 Å². The van der Waals surface area contributed by atoms with Crippen LogP contribution in [0.2, 0.25) is 0 Å². The smallest absolute Gasteiger partial charge is 0.123 e. The van der Waals surface area contributed by atoms with Crippen molar-refractivity contribution in [3.63, 3.8) is 0 Å². The number of rotatable bonds is 8. The van der Waals surface area contributed by atoms with Crippen LogP contribution >= 0.6 is 11.3 Å². The first kappa shape index (κ1) is 15.9. The fraction of sp³-hybridized carbons (Fsp3) is 0.438. The molecular formula is C16H22N2O2S. The van der Waals surface area contributed by atoms with E-state index >= 15 is 0 Å². The largest absolute Gasteiger partial charge is 0.496 e. The van der Waals surface area contributed by atoms with Crippen molar-refractivity contribution in [2.75, 3.05) is 20.3 Å². The second-order valence-electron chi connectivity index (χ2n) is 4.83. The van der Waals surface area contributed by atoms with Crippen LogP contribution in [0.15, 0.2) is 29.6 Å². The lowest BCUT2D eigenvalue weighted by Gasteiger charge is -2.21. The fourth-order valence-electron chi connectivity index (χ4n) is 2.24. The van der Waals surface area contributed by atoms with E-state index in [1.54, 1.807) is 18.4 Å². The van der Waals surface area contributed by atoms with Gasteiger partial charge in [0.05, 0.1) is 24.4 Å². The molecule has 1 aromatic carbocycles. The Bertz CT molecular complexity index is 557. The van der Waals surface area contributed by atoms with Crippen molar-refractivity contribution in [2.45, 2.75) is 26.4 Å². The van der Waals surface area contributed by atoms with Crippen LogP contribution in [0.4, 0.5) is 0 Å². The van der Waals surface area contributed by atoms with Crippen LogP contribution in [0.25, 0.3) is 0 Å². The van der Waals surface area contributed by atoms with E-state index in [-0.39, 0.29) is 6.61 Å². The summed E-state index contributed by atoms with van der Waals surface area (Å²) in [4.78, 5) is 6.79. The summed E-state index contributed by atoms with van der Waals surface area (Å²) in [6.45, 7) is 4.36. The summed E-state index contributed by atoms with van der Waals surface area (Å²) in [7, 11) is 1.68. The average Bonchev–Trinajstić information content (AvgIpc) is 2.95. The van der Waals surface area contributed by atoms with Crippen molar-refractivity contribution in [1.29, 1.82) is 0 Å². The van der Waals surface area contributed by atoms with Crippen LogP contribution in [0.5, 0.6) is 5.75 Å². The number of hydrogen-bond donors (Lipinski definition) is 1. The van der Waals surface area contributed by atoms with Gasteiger partial charge in [0.25, 0.3) is 0 Å². The quantitative estimate of drug-likeness (QED) is 0.814. The highest BCUT2D eigenvalue weighted by Crippen LogP contribution is 2.20. The summed E-state index contributed by atoms with van der Waals surface area (Å²) >= 11 is 1.70. The van der Waals surface area contributed by atoms with Gasteiger partial charge >= 0.3 is 0 Å². The summed E-state index contributed by atoms with van der Waals surface area (Å²) in [6, 6.07) is 7.99. The van der Waals surface area contributed by atoms with Crippen molar-refractivity contribution >= 4 is 11.3 Å². The van der Waals surface area contributed by atoms with E-state index in [0.717, 1.165) is 41.5 Å². The van der Waals surface area contributed by atoms with Gasteiger partial charge in [-0.3, -0.25) is 4.90 Å². The number of para-hydroxylation sites is 1. The molecular weight excluding hydrogens is 284 g/mol. The normalized spacial score (nSPS) is 11.0. The minimum absolute atomic E-state index is 0.139. The van der Waals surface area contributed by atoms with Crippen molar-refractivity contribution in [3.05, 3.63) is 45.9 Å². The van der Waals surface area contributed by atoms with Crippen LogP contribution in [0.3, 0.4) is 0 Å². The molecule has 0 aliphatic heterocycles. The highest BCUT2D eigenvalue weighted by Gasteiger charge is 2.11. The summed E-state index contributed by atoms with van der Waals surface area (Å²) in [5, 5.41) is 12.5. The van der Waals surface area contributed by atoms with Gasteiger partial charge in [0.1, 0.15) is 5.75 Å². The third-order valence-corrected chi connectivity index (χ3v) is 4.33. The third kappa shape index (κ3) is 4.52. The SMILES string of the molecule is CCc1nc(CN(CCO)Cc2ccccc2OC)cs1. The van der Waals surface area contributed by atoms with Gasteiger partial charge in [-0.2, -0.15) is 0 Å². The number of aliphatic hydroxyl groups excluding tert-OH is 1. The monoisotopic (exact) mass is 306 g/mol. The molecule has 0 saturated carbocycles. The zero-order chi connectivity index (χ0) is 15.1. The Morgan fingerprint density at radius 2 is 2.10 bits per heavy atom. The number of hydrogen-bond acceptors (Lipinski definition) is 5. The number of methoxy groups -OCH3 is 1. The fourth-order valence-corrected chi connectivity index (χ4v) is 2.98. The number of benzene rings is 1. The zero-order valence-corrected chi connectivity index (χ0v) is 13.4. The standard InChI is InChI=1S/C16H22N2O2S/c1-3-16-17-14(12-21-16)11-18(8-9-19)10-13-6-4-5-7-15(13)20-2/h4-7,12,19H,3,8-11H2,1-2H3. The number of aromatic nitrogens is 1. The van der Waals surface area contributed by atoms with E-state index in [4.69, 9.17) is 4.74 Å². The molecule has 21 heavy (non-hydrogen) atoms. The molecule has 0 unspecified atom stereocenters. The van der Waals surface area contributed by atoms with Gasteiger partial charge in [-0.25, -0.2) is 4.98 Å². The van der Waals surface area contributed by atoms with E-state index in [1.165, 1.54) is 0 Å². The predicted molar refractivity (Wildman–Crippen MR) is 85.7 cm³/mol. The molecule has 0 amide bonds. The highest BCUT2D eigenvalue weighted by molar-refractivity contribution is 7.09. The number of nitrogens with zero attached hydrogens (tertiary/aromatic N) is 2. The number of ether oxygens (including phenoxy) is 1. The van der Waals surface area contributed by atoms with Crippen molar-refractivity contribution in [1.82, 2.24) is 9.88 Å². The first-order valence-corrected chi connectivity index (χ1v) is 8.03. The molecule has 1 aromatic heterocycles. The van der Waals surface area contributed by atoms with Crippen LogP contribution in [-0.2, 0) is 19.5 Å². The third-order valence-electron chi connectivity index (χ3n) is 3.29. The Morgan fingerprint density at radius 1 is 1.29 bits per heavy atom. The Hall–Kier alpha value is -1.43. The lowest BCUT2D eigenvalue weighted by atomic mass is 10.2. The molecule has 0 aliphatic rings. The average molecular weight is 306 g/mol. The number of aliphatic hydroxyl groups is 1. The molecule has 5 heteroatoms. The zero-order valence-electron chi connectivity index (χ0n) is 12.6. The molecule has 0 saturated heterocycles.